The van der Waals surface area contributed by atoms with Crippen molar-refractivity contribution in [2.24, 2.45) is 0 Å². The van der Waals surface area contributed by atoms with Crippen LogP contribution in [0.1, 0.15) is 33.4 Å². The van der Waals surface area contributed by atoms with Gasteiger partial charge in [0.1, 0.15) is 0 Å². The summed E-state index contributed by atoms with van der Waals surface area (Å²) in [5.74, 6) is 0. The Labute approximate surface area is 131 Å². The van der Waals surface area contributed by atoms with Crippen LogP contribution in [0, 0.1) is 13.8 Å². The standard InChI is InChI=1S/C22H18/c1-13-3-5-15-11-21-17(19(15)9-13)7-8-18-20-10-14(2)4-6-16(20)12-22(18)21/h3-10H,11-12H2,1-2H3. The molecule has 0 unspecified atom stereocenters. The van der Waals surface area contributed by atoms with Gasteiger partial charge in [0, 0.05) is 0 Å². The van der Waals surface area contributed by atoms with Gasteiger partial charge in [0.15, 0.2) is 0 Å². The molecule has 3 aromatic rings. The van der Waals surface area contributed by atoms with E-state index in [2.05, 4.69) is 62.4 Å². The van der Waals surface area contributed by atoms with Crippen LogP contribution < -0.4 is 0 Å². The number of aryl methyl sites for hydroxylation is 2. The lowest BCUT2D eigenvalue weighted by atomic mass is 9.96. The number of rotatable bonds is 0. The minimum atomic E-state index is 1.10. The highest BCUT2D eigenvalue weighted by molar-refractivity contribution is 5.87. The van der Waals surface area contributed by atoms with Crippen LogP contribution in [0.4, 0.5) is 0 Å². The quantitative estimate of drug-likeness (QED) is 0.354. The molecular weight excluding hydrogens is 264 g/mol. The summed E-state index contributed by atoms with van der Waals surface area (Å²) in [6, 6.07) is 18.5. The van der Waals surface area contributed by atoms with Gasteiger partial charge in [-0.2, -0.15) is 0 Å². The lowest BCUT2D eigenvalue weighted by Crippen LogP contribution is -1.90. The van der Waals surface area contributed by atoms with E-state index < -0.39 is 0 Å². The average molecular weight is 282 g/mol. The molecule has 0 nitrogen and oxygen atoms in total. The highest BCUT2D eigenvalue weighted by atomic mass is 14.3. The van der Waals surface area contributed by atoms with Crippen molar-refractivity contribution in [1.29, 1.82) is 0 Å². The lowest BCUT2D eigenvalue weighted by molar-refractivity contribution is 1.16. The Hall–Kier alpha value is -2.34. The van der Waals surface area contributed by atoms with Crippen LogP contribution in [0.15, 0.2) is 48.5 Å². The lowest BCUT2D eigenvalue weighted by Gasteiger charge is -2.08. The van der Waals surface area contributed by atoms with Gasteiger partial charge in [-0.1, -0.05) is 59.7 Å². The highest BCUT2D eigenvalue weighted by Gasteiger charge is 2.27. The zero-order chi connectivity index (χ0) is 14.8. The molecule has 0 heteroatoms. The summed E-state index contributed by atoms with van der Waals surface area (Å²) in [6.45, 7) is 4.37. The molecule has 22 heavy (non-hydrogen) atoms. The molecule has 0 amide bonds. The number of hydrogen-bond acceptors (Lipinski definition) is 0. The summed E-state index contributed by atoms with van der Waals surface area (Å²) in [5.41, 5.74) is 14.6. The van der Waals surface area contributed by atoms with Crippen molar-refractivity contribution in [3.63, 3.8) is 0 Å². The summed E-state index contributed by atoms with van der Waals surface area (Å²) in [4.78, 5) is 0. The fourth-order valence-electron chi connectivity index (χ4n) is 4.17. The summed E-state index contributed by atoms with van der Waals surface area (Å²) >= 11 is 0. The Kier molecular flexibility index (Phi) is 2.28. The Morgan fingerprint density at radius 1 is 0.545 bits per heavy atom. The van der Waals surface area contributed by atoms with Gasteiger partial charge in [0.25, 0.3) is 0 Å². The highest BCUT2D eigenvalue weighted by Crippen LogP contribution is 2.46. The van der Waals surface area contributed by atoms with E-state index in [-0.39, 0.29) is 0 Å². The predicted octanol–water partition coefficient (Wildman–Crippen LogP) is 5.45. The Balaban J connectivity index is 1.75. The van der Waals surface area contributed by atoms with Crippen LogP contribution in [0.5, 0.6) is 0 Å². The normalized spacial score (nSPS) is 13.5. The van der Waals surface area contributed by atoms with Gasteiger partial charge in [0.2, 0.25) is 0 Å². The van der Waals surface area contributed by atoms with E-state index in [0.29, 0.717) is 0 Å². The summed E-state index contributed by atoms with van der Waals surface area (Å²) < 4.78 is 0. The first kappa shape index (κ1) is 12.2. The van der Waals surface area contributed by atoms with Gasteiger partial charge in [0.05, 0.1) is 0 Å². The minimum Gasteiger partial charge on any atom is -0.0590 e. The SMILES string of the molecule is Cc1ccc2c(c1)-c1ccc3c(c1C2)Cc1ccc(C)cc1-3. The van der Waals surface area contributed by atoms with E-state index >= 15 is 0 Å². The molecule has 0 aliphatic heterocycles. The molecule has 0 bridgehead atoms. The Bertz CT molecular complexity index is 866. The first-order valence-electron chi connectivity index (χ1n) is 8.05. The molecule has 0 fully saturated rings. The van der Waals surface area contributed by atoms with Crippen molar-refractivity contribution in [3.8, 4) is 22.3 Å². The molecule has 0 spiro atoms. The third-order valence-corrected chi connectivity index (χ3v) is 5.28. The number of hydrogen-bond donors (Lipinski definition) is 0. The molecule has 0 heterocycles. The molecule has 5 rings (SSSR count). The van der Waals surface area contributed by atoms with Crippen LogP contribution >= 0.6 is 0 Å². The van der Waals surface area contributed by atoms with Crippen molar-refractivity contribution >= 4 is 0 Å². The fraction of sp³-hybridized carbons (Fsp3) is 0.182. The van der Waals surface area contributed by atoms with Gasteiger partial charge < -0.3 is 0 Å². The zero-order valence-electron chi connectivity index (χ0n) is 13.0. The van der Waals surface area contributed by atoms with Crippen LogP contribution in [-0.4, -0.2) is 0 Å². The van der Waals surface area contributed by atoms with E-state index in [1.807, 2.05) is 0 Å². The van der Waals surface area contributed by atoms with Crippen LogP contribution in [0.3, 0.4) is 0 Å². The van der Waals surface area contributed by atoms with Crippen molar-refractivity contribution in [2.75, 3.05) is 0 Å². The van der Waals surface area contributed by atoms with Crippen molar-refractivity contribution in [3.05, 3.63) is 81.9 Å². The maximum absolute atomic E-state index is 2.35. The fourth-order valence-corrected chi connectivity index (χ4v) is 4.17. The Morgan fingerprint density at radius 2 is 1.00 bits per heavy atom. The van der Waals surface area contributed by atoms with E-state index in [1.54, 1.807) is 11.1 Å². The van der Waals surface area contributed by atoms with Crippen molar-refractivity contribution in [2.45, 2.75) is 26.7 Å². The molecule has 2 aliphatic rings. The number of benzene rings is 3. The minimum absolute atomic E-state index is 1.10. The van der Waals surface area contributed by atoms with Crippen LogP contribution in [-0.2, 0) is 12.8 Å². The van der Waals surface area contributed by atoms with Gasteiger partial charge in [-0.15, -0.1) is 0 Å². The summed E-state index contributed by atoms with van der Waals surface area (Å²) in [7, 11) is 0. The van der Waals surface area contributed by atoms with Gasteiger partial charge in [-0.3, -0.25) is 0 Å². The monoisotopic (exact) mass is 282 g/mol. The van der Waals surface area contributed by atoms with E-state index in [9.17, 15) is 0 Å². The van der Waals surface area contributed by atoms with Gasteiger partial charge >= 0.3 is 0 Å². The van der Waals surface area contributed by atoms with Gasteiger partial charge in [-0.25, -0.2) is 0 Å². The first-order chi connectivity index (χ1) is 10.7. The molecule has 3 aromatic carbocycles. The molecule has 0 radical (unpaired) electrons. The first-order valence-corrected chi connectivity index (χ1v) is 8.05. The molecule has 0 aromatic heterocycles. The molecule has 2 aliphatic carbocycles. The Morgan fingerprint density at radius 3 is 1.45 bits per heavy atom. The third kappa shape index (κ3) is 1.53. The zero-order valence-corrected chi connectivity index (χ0v) is 13.0. The smallest absolute Gasteiger partial charge is 0.00104 e. The van der Waals surface area contributed by atoms with Crippen molar-refractivity contribution < 1.29 is 0 Å². The molecule has 0 saturated heterocycles. The molecule has 0 N–H and O–H groups in total. The predicted molar refractivity (Wildman–Crippen MR) is 92.4 cm³/mol. The molecule has 0 saturated carbocycles. The van der Waals surface area contributed by atoms with Gasteiger partial charge in [-0.05, 0) is 71.2 Å². The van der Waals surface area contributed by atoms with Crippen LogP contribution in [0.2, 0.25) is 0 Å². The van der Waals surface area contributed by atoms with Crippen molar-refractivity contribution in [1.82, 2.24) is 0 Å². The van der Waals surface area contributed by atoms with Crippen LogP contribution in [0.25, 0.3) is 22.3 Å². The molecule has 0 atom stereocenters. The largest absolute Gasteiger partial charge is 0.0590 e. The van der Waals surface area contributed by atoms with E-state index in [4.69, 9.17) is 0 Å². The molecule has 106 valence electrons. The molecular formula is C22H18. The average Bonchev–Trinajstić information content (AvgIpc) is 3.05. The maximum atomic E-state index is 2.35. The second kappa shape index (κ2) is 4.10. The number of fused-ring (bicyclic) bond motifs is 7. The summed E-state index contributed by atoms with van der Waals surface area (Å²) in [5, 5.41) is 0. The topological polar surface area (TPSA) is 0 Å². The summed E-state index contributed by atoms with van der Waals surface area (Å²) in [6.07, 6.45) is 2.20. The van der Waals surface area contributed by atoms with E-state index in [0.717, 1.165) is 12.8 Å². The maximum Gasteiger partial charge on any atom is -0.00104 e. The second-order valence-corrected chi connectivity index (χ2v) is 6.79. The second-order valence-electron chi connectivity index (χ2n) is 6.79. The third-order valence-electron chi connectivity index (χ3n) is 5.28. The van der Waals surface area contributed by atoms with E-state index in [1.165, 1.54) is 44.5 Å².